The first-order valence-electron chi connectivity index (χ1n) is 5.96. The fourth-order valence-corrected chi connectivity index (χ4v) is 1.47. The van der Waals surface area contributed by atoms with E-state index in [0.29, 0.717) is 11.7 Å². The van der Waals surface area contributed by atoms with Gasteiger partial charge < -0.3 is 14.8 Å². The maximum atomic E-state index is 5.07. The van der Waals surface area contributed by atoms with Crippen LogP contribution in [0.3, 0.4) is 0 Å². The highest BCUT2D eigenvalue weighted by molar-refractivity contribution is 7.80. The highest BCUT2D eigenvalue weighted by Crippen LogP contribution is 2.09. The van der Waals surface area contributed by atoms with Crippen molar-refractivity contribution in [1.82, 2.24) is 10.7 Å². The molecular formula is C13H19N3O2S. The van der Waals surface area contributed by atoms with Gasteiger partial charge in [0.25, 0.3) is 0 Å². The molecule has 0 saturated heterocycles. The van der Waals surface area contributed by atoms with Crippen LogP contribution in [0.15, 0.2) is 29.4 Å². The first kappa shape index (κ1) is 15.4. The molecule has 0 aliphatic rings. The van der Waals surface area contributed by atoms with Gasteiger partial charge in [-0.3, -0.25) is 5.43 Å². The number of benzene rings is 1. The van der Waals surface area contributed by atoms with Gasteiger partial charge in [-0.1, -0.05) is 0 Å². The van der Waals surface area contributed by atoms with Crippen LogP contribution in [0.2, 0.25) is 0 Å². The minimum Gasteiger partial charge on any atom is -0.497 e. The maximum absolute atomic E-state index is 5.07. The predicted molar refractivity (Wildman–Crippen MR) is 80.8 cm³/mol. The Morgan fingerprint density at radius 1 is 1.32 bits per heavy atom. The summed E-state index contributed by atoms with van der Waals surface area (Å²) in [5.74, 6) is 0.820. The highest BCUT2D eigenvalue weighted by atomic mass is 32.1. The monoisotopic (exact) mass is 281 g/mol. The molecule has 0 atom stereocenters. The lowest BCUT2D eigenvalue weighted by molar-refractivity contribution is 0.195. The van der Waals surface area contributed by atoms with E-state index in [2.05, 4.69) is 15.8 Å². The van der Waals surface area contributed by atoms with Gasteiger partial charge in [0, 0.05) is 20.3 Å². The Morgan fingerprint density at radius 2 is 2.05 bits per heavy atom. The van der Waals surface area contributed by atoms with Crippen molar-refractivity contribution in [2.24, 2.45) is 5.10 Å². The van der Waals surface area contributed by atoms with E-state index in [1.165, 1.54) is 0 Å². The number of nitrogens with one attached hydrogen (secondary N) is 2. The third-order valence-electron chi connectivity index (χ3n) is 2.31. The largest absolute Gasteiger partial charge is 0.497 e. The van der Waals surface area contributed by atoms with E-state index in [1.54, 1.807) is 20.4 Å². The zero-order chi connectivity index (χ0) is 13.9. The molecule has 0 aliphatic heterocycles. The highest BCUT2D eigenvalue weighted by Gasteiger charge is 1.93. The summed E-state index contributed by atoms with van der Waals surface area (Å²) in [6.45, 7) is 1.47. The number of rotatable bonds is 7. The minimum atomic E-state index is 0.501. The molecule has 0 spiro atoms. The van der Waals surface area contributed by atoms with Crippen LogP contribution in [0.25, 0.3) is 0 Å². The van der Waals surface area contributed by atoms with Crippen molar-refractivity contribution in [3.8, 4) is 5.75 Å². The van der Waals surface area contributed by atoms with E-state index < -0.39 is 0 Å². The third-order valence-corrected chi connectivity index (χ3v) is 2.54. The smallest absolute Gasteiger partial charge is 0.186 e. The van der Waals surface area contributed by atoms with Crippen molar-refractivity contribution in [3.05, 3.63) is 29.8 Å². The van der Waals surface area contributed by atoms with E-state index in [0.717, 1.165) is 24.3 Å². The summed E-state index contributed by atoms with van der Waals surface area (Å²) < 4.78 is 10.0. The number of nitrogens with zero attached hydrogens (tertiary/aromatic N) is 1. The summed E-state index contributed by atoms with van der Waals surface area (Å²) in [6.07, 6.45) is 2.60. The average Bonchev–Trinajstić information content (AvgIpc) is 2.44. The minimum absolute atomic E-state index is 0.501. The lowest BCUT2D eigenvalue weighted by Gasteiger charge is -2.06. The van der Waals surface area contributed by atoms with Gasteiger partial charge in [0.05, 0.1) is 13.3 Å². The van der Waals surface area contributed by atoms with Gasteiger partial charge in [0.1, 0.15) is 5.75 Å². The molecule has 19 heavy (non-hydrogen) atoms. The third kappa shape index (κ3) is 6.73. The molecule has 6 heteroatoms. The molecule has 0 bridgehead atoms. The number of methoxy groups -OCH3 is 2. The van der Waals surface area contributed by atoms with E-state index in [4.69, 9.17) is 21.7 Å². The molecule has 0 radical (unpaired) electrons. The summed E-state index contributed by atoms with van der Waals surface area (Å²) in [7, 11) is 3.31. The van der Waals surface area contributed by atoms with Crippen molar-refractivity contribution < 1.29 is 9.47 Å². The molecule has 0 heterocycles. The zero-order valence-electron chi connectivity index (χ0n) is 11.2. The molecule has 104 valence electrons. The first-order chi connectivity index (χ1) is 9.26. The summed E-state index contributed by atoms with van der Waals surface area (Å²) in [5.41, 5.74) is 3.72. The normalized spacial score (nSPS) is 10.4. The number of hydrazone groups is 1. The van der Waals surface area contributed by atoms with Crippen LogP contribution in [-0.4, -0.2) is 38.7 Å². The standard InChI is InChI=1S/C13H19N3O2S/c1-17-9-3-8-14-13(19)16-15-10-11-4-6-12(18-2)7-5-11/h4-7,10H,3,8-9H2,1-2H3,(H2,14,16,19). The van der Waals surface area contributed by atoms with Crippen molar-refractivity contribution >= 4 is 23.5 Å². The van der Waals surface area contributed by atoms with Crippen LogP contribution in [0.1, 0.15) is 12.0 Å². The van der Waals surface area contributed by atoms with E-state index in [9.17, 15) is 0 Å². The molecule has 0 amide bonds. The van der Waals surface area contributed by atoms with Gasteiger partial charge in [0.15, 0.2) is 5.11 Å². The quantitative estimate of drug-likeness (QED) is 0.343. The van der Waals surface area contributed by atoms with Crippen LogP contribution in [-0.2, 0) is 4.74 Å². The second kappa shape index (κ2) is 9.29. The average molecular weight is 281 g/mol. The van der Waals surface area contributed by atoms with E-state index >= 15 is 0 Å². The molecule has 0 aromatic heterocycles. The van der Waals surface area contributed by atoms with Gasteiger partial charge in [0.2, 0.25) is 0 Å². The van der Waals surface area contributed by atoms with E-state index in [1.807, 2.05) is 24.3 Å². The second-order valence-electron chi connectivity index (χ2n) is 3.75. The molecule has 0 fully saturated rings. The molecule has 0 unspecified atom stereocenters. The fourth-order valence-electron chi connectivity index (χ4n) is 1.31. The van der Waals surface area contributed by atoms with Gasteiger partial charge >= 0.3 is 0 Å². The zero-order valence-corrected chi connectivity index (χ0v) is 12.0. The lowest BCUT2D eigenvalue weighted by atomic mass is 10.2. The Morgan fingerprint density at radius 3 is 2.68 bits per heavy atom. The summed E-state index contributed by atoms with van der Waals surface area (Å²) in [6, 6.07) is 7.59. The number of hydrogen-bond acceptors (Lipinski definition) is 4. The van der Waals surface area contributed by atoms with Gasteiger partial charge in [-0.05, 0) is 48.5 Å². The van der Waals surface area contributed by atoms with Crippen LogP contribution in [0, 0.1) is 0 Å². The Balaban J connectivity index is 2.26. The van der Waals surface area contributed by atoms with Gasteiger partial charge in [-0.15, -0.1) is 0 Å². The van der Waals surface area contributed by atoms with Crippen LogP contribution in [0.4, 0.5) is 0 Å². The van der Waals surface area contributed by atoms with Crippen LogP contribution < -0.4 is 15.5 Å². The Labute approximate surface area is 119 Å². The summed E-state index contributed by atoms with van der Waals surface area (Å²) >= 11 is 5.06. The fraction of sp³-hybridized carbons (Fsp3) is 0.385. The Kier molecular flexibility index (Phi) is 7.53. The predicted octanol–water partition coefficient (Wildman–Crippen LogP) is 1.53. The lowest BCUT2D eigenvalue weighted by Crippen LogP contribution is -2.33. The molecule has 0 aliphatic carbocycles. The molecule has 1 aromatic rings. The number of hydrogen-bond donors (Lipinski definition) is 2. The molecule has 0 saturated carbocycles. The van der Waals surface area contributed by atoms with Crippen molar-refractivity contribution in [2.75, 3.05) is 27.4 Å². The summed E-state index contributed by atoms with van der Waals surface area (Å²) in [4.78, 5) is 0. The van der Waals surface area contributed by atoms with Crippen LogP contribution >= 0.6 is 12.2 Å². The molecule has 2 N–H and O–H groups in total. The second-order valence-corrected chi connectivity index (χ2v) is 4.15. The Hall–Kier alpha value is -1.66. The van der Waals surface area contributed by atoms with Crippen molar-refractivity contribution in [3.63, 3.8) is 0 Å². The number of ether oxygens (including phenoxy) is 2. The summed E-state index contributed by atoms with van der Waals surface area (Å²) in [5, 5.41) is 7.57. The van der Waals surface area contributed by atoms with E-state index in [-0.39, 0.29) is 0 Å². The van der Waals surface area contributed by atoms with Gasteiger partial charge in [-0.2, -0.15) is 5.10 Å². The number of thiocarbonyl (C=S) groups is 1. The Bertz CT molecular complexity index is 407. The molecule has 1 rings (SSSR count). The first-order valence-corrected chi connectivity index (χ1v) is 6.37. The van der Waals surface area contributed by atoms with Crippen LogP contribution in [0.5, 0.6) is 5.75 Å². The topological polar surface area (TPSA) is 54.9 Å². The van der Waals surface area contributed by atoms with Crippen molar-refractivity contribution in [1.29, 1.82) is 0 Å². The molecular weight excluding hydrogens is 262 g/mol. The maximum Gasteiger partial charge on any atom is 0.186 e. The molecule has 1 aromatic carbocycles. The van der Waals surface area contributed by atoms with Gasteiger partial charge in [-0.25, -0.2) is 0 Å². The van der Waals surface area contributed by atoms with Crippen molar-refractivity contribution in [2.45, 2.75) is 6.42 Å². The SMILES string of the molecule is COCCCNC(=S)NN=Cc1ccc(OC)cc1. The molecule has 5 nitrogen and oxygen atoms in total.